The number of hydrogen-bond acceptors (Lipinski definition) is 3. The Morgan fingerprint density at radius 1 is 1.10 bits per heavy atom. The van der Waals surface area contributed by atoms with Crippen LogP contribution in [0.4, 0.5) is 0 Å². The molecule has 1 fully saturated rings. The van der Waals surface area contributed by atoms with Crippen LogP contribution < -0.4 is 5.32 Å². The number of hydrogen-bond donors (Lipinski definition) is 2. The Morgan fingerprint density at radius 2 is 1.90 bits per heavy atom. The fourth-order valence-corrected chi connectivity index (χ4v) is 4.96. The topological polar surface area (TPSA) is 58.0 Å². The molecule has 3 aromatic heterocycles. The second-order valence-electron chi connectivity index (χ2n) is 8.72. The predicted molar refractivity (Wildman–Crippen MR) is 119 cm³/mol. The summed E-state index contributed by atoms with van der Waals surface area (Å²) >= 11 is 0. The quantitative estimate of drug-likeness (QED) is 0.515. The molecule has 1 aliphatic rings. The van der Waals surface area contributed by atoms with Gasteiger partial charge in [-0.2, -0.15) is 5.10 Å². The lowest BCUT2D eigenvalue weighted by Gasteiger charge is -2.23. The fourth-order valence-electron chi connectivity index (χ4n) is 4.96. The molecule has 0 aliphatic carbocycles. The van der Waals surface area contributed by atoms with Gasteiger partial charge in [0.2, 0.25) is 0 Å². The summed E-state index contributed by atoms with van der Waals surface area (Å²) in [6, 6.07) is 9.29. The highest BCUT2D eigenvalue weighted by Gasteiger charge is 2.22. The summed E-state index contributed by atoms with van der Waals surface area (Å²) in [5.74, 6) is 1.09. The number of H-pyrrole nitrogens is 1. The molecule has 0 spiro atoms. The molecular weight excluding hydrogens is 358 g/mol. The molecule has 0 bridgehead atoms. The van der Waals surface area contributed by atoms with E-state index in [4.69, 9.17) is 0 Å². The maximum Gasteiger partial charge on any atom is 0.158 e. The third-order valence-electron chi connectivity index (χ3n) is 6.49. The number of nitrogens with one attached hydrogen (secondary N) is 2. The molecule has 0 unspecified atom stereocenters. The zero-order valence-corrected chi connectivity index (χ0v) is 17.7. The van der Waals surface area contributed by atoms with Gasteiger partial charge >= 0.3 is 0 Å². The van der Waals surface area contributed by atoms with Crippen LogP contribution in [0.15, 0.2) is 30.6 Å². The van der Waals surface area contributed by atoms with Crippen LogP contribution >= 0.6 is 0 Å². The van der Waals surface area contributed by atoms with Crippen molar-refractivity contribution in [2.24, 2.45) is 0 Å². The standard InChI is InChI=1S/C24H29N5/c1-14(2)22-20-12-18(17-7-9-25-10-8-17)5-6-21(20)28-23(22)19-11-15(3)24-26-13-27-29(24)16(19)4/h5-6,11-14,17,25,28H,7-10H2,1-4H3. The van der Waals surface area contributed by atoms with Crippen molar-refractivity contribution in [3.8, 4) is 11.3 Å². The first-order valence-corrected chi connectivity index (χ1v) is 10.7. The van der Waals surface area contributed by atoms with E-state index in [9.17, 15) is 0 Å². The van der Waals surface area contributed by atoms with Crippen LogP contribution in [0.1, 0.15) is 60.9 Å². The van der Waals surface area contributed by atoms with Gasteiger partial charge in [-0.3, -0.25) is 0 Å². The number of piperidine rings is 1. The van der Waals surface area contributed by atoms with Gasteiger partial charge in [0.15, 0.2) is 5.65 Å². The molecule has 2 N–H and O–H groups in total. The average molecular weight is 388 g/mol. The fraction of sp³-hybridized carbons (Fsp3) is 0.417. The van der Waals surface area contributed by atoms with Crippen molar-refractivity contribution in [3.63, 3.8) is 0 Å². The highest BCUT2D eigenvalue weighted by atomic mass is 15.3. The number of aromatic nitrogens is 4. The highest BCUT2D eigenvalue weighted by molar-refractivity contribution is 5.92. The van der Waals surface area contributed by atoms with Crippen molar-refractivity contribution in [1.29, 1.82) is 0 Å². The number of nitrogens with zero attached hydrogens (tertiary/aromatic N) is 3. The van der Waals surface area contributed by atoms with E-state index in [2.05, 4.69) is 72.3 Å². The molecule has 5 rings (SSSR count). The molecule has 0 atom stereocenters. The Kier molecular flexibility index (Phi) is 4.43. The largest absolute Gasteiger partial charge is 0.354 e. The lowest BCUT2D eigenvalue weighted by molar-refractivity contribution is 0.460. The van der Waals surface area contributed by atoms with Gasteiger partial charge in [0.05, 0.1) is 11.4 Å². The summed E-state index contributed by atoms with van der Waals surface area (Å²) in [7, 11) is 0. The normalized spacial score (nSPS) is 15.8. The van der Waals surface area contributed by atoms with Crippen molar-refractivity contribution >= 4 is 16.6 Å². The van der Waals surface area contributed by atoms with Gasteiger partial charge < -0.3 is 10.3 Å². The molecule has 0 amide bonds. The molecule has 150 valence electrons. The SMILES string of the molecule is Cc1cc(-c2[nH]c3ccc(C4CCNCC4)cc3c2C(C)C)c(C)n2ncnc12. The number of rotatable bonds is 3. The molecule has 1 saturated heterocycles. The second-order valence-corrected chi connectivity index (χ2v) is 8.72. The Labute approximate surface area is 171 Å². The van der Waals surface area contributed by atoms with Crippen LogP contribution in [0.3, 0.4) is 0 Å². The van der Waals surface area contributed by atoms with Crippen molar-refractivity contribution < 1.29 is 0 Å². The maximum atomic E-state index is 4.45. The number of pyridine rings is 1. The predicted octanol–water partition coefficient (Wildman–Crippen LogP) is 5.08. The van der Waals surface area contributed by atoms with Crippen LogP contribution in [0.25, 0.3) is 27.8 Å². The highest BCUT2D eigenvalue weighted by Crippen LogP contribution is 2.39. The van der Waals surface area contributed by atoms with Gasteiger partial charge in [0.1, 0.15) is 6.33 Å². The van der Waals surface area contributed by atoms with Crippen molar-refractivity contribution in [1.82, 2.24) is 24.9 Å². The van der Waals surface area contributed by atoms with Crippen LogP contribution in [-0.2, 0) is 0 Å². The van der Waals surface area contributed by atoms with E-state index >= 15 is 0 Å². The Balaban J connectivity index is 1.72. The van der Waals surface area contributed by atoms with Crippen LogP contribution in [0.2, 0.25) is 0 Å². The summed E-state index contributed by atoms with van der Waals surface area (Å²) in [6.07, 6.45) is 4.08. The molecular formula is C24H29N5. The van der Waals surface area contributed by atoms with Crippen molar-refractivity contribution in [2.45, 2.75) is 52.4 Å². The summed E-state index contributed by atoms with van der Waals surface area (Å²) in [5.41, 5.74) is 9.73. The number of fused-ring (bicyclic) bond motifs is 2. The summed E-state index contributed by atoms with van der Waals surface area (Å²) in [6.45, 7) is 11.1. The first kappa shape index (κ1) is 18.4. The number of benzene rings is 1. The Bertz CT molecular complexity index is 1190. The lowest BCUT2D eigenvalue weighted by Crippen LogP contribution is -2.26. The molecule has 0 radical (unpaired) electrons. The second kappa shape index (κ2) is 6.99. The molecule has 29 heavy (non-hydrogen) atoms. The van der Waals surface area contributed by atoms with Crippen LogP contribution in [-0.4, -0.2) is 32.7 Å². The summed E-state index contributed by atoms with van der Waals surface area (Å²) < 4.78 is 1.96. The molecule has 5 heteroatoms. The summed E-state index contributed by atoms with van der Waals surface area (Å²) in [5, 5.41) is 9.30. The van der Waals surface area contributed by atoms with E-state index in [1.165, 1.54) is 46.1 Å². The van der Waals surface area contributed by atoms with Crippen LogP contribution in [0.5, 0.6) is 0 Å². The minimum absolute atomic E-state index is 0.424. The van der Waals surface area contributed by atoms with Gasteiger partial charge in [-0.05, 0) is 86.5 Å². The van der Waals surface area contributed by atoms with E-state index in [1.54, 1.807) is 6.33 Å². The zero-order valence-electron chi connectivity index (χ0n) is 17.7. The molecule has 5 nitrogen and oxygen atoms in total. The van der Waals surface area contributed by atoms with E-state index in [0.717, 1.165) is 30.0 Å². The number of aromatic amines is 1. The minimum atomic E-state index is 0.424. The third kappa shape index (κ3) is 2.96. The van der Waals surface area contributed by atoms with Gasteiger partial charge in [-0.15, -0.1) is 0 Å². The van der Waals surface area contributed by atoms with E-state index in [-0.39, 0.29) is 0 Å². The molecule has 4 aromatic rings. The monoisotopic (exact) mass is 387 g/mol. The van der Waals surface area contributed by atoms with Gasteiger partial charge in [0.25, 0.3) is 0 Å². The van der Waals surface area contributed by atoms with Gasteiger partial charge in [-0.1, -0.05) is 19.9 Å². The summed E-state index contributed by atoms with van der Waals surface area (Å²) in [4.78, 5) is 8.16. The smallest absolute Gasteiger partial charge is 0.158 e. The maximum absolute atomic E-state index is 4.45. The molecule has 1 aliphatic heterocycles. The van der Waals surface area contributed by atoms with E-state index in [0.29, 0.717) is 11.8 Å². The van der Waals surface area contributed by atoms with E-state index < -0.39 is 0 Å². The minimum Gasteiger partial charge on any atom is -0.354 e. The Morgan fingerprint density at radius 3 is 2.66 bits per heavy atom. The average Bonchev–Trinajstić information content (AvgIpc) is 3.36. The van der Waals surface area contributed by atoms with Gasteiger partial charge in [0, 0.05) is 16.5 Å². The first-order valence-electron chi connectivity index (χ1n) is 10.7. The van der Waals surface area contributed by atoms with Crippen molar-refractivity contribution in [3.05, 3.63) is 53.0 Å². The zero-order chi connectivity index (χ0) is 20.1. The van der Waals surface area contributed by atoms with Crippen molar-refractivity contribution in [2.75, 3.05) is 13.1 Å². The molecule has 4 heterocycles. The number of aryl methyl sites for hydroxylation is 2. The van der Waals surface area contributed by atoms with Crippen LogP contribution in [0, 0.1) is 13.8 Å². The third-order valence-corrected chi connectivity index (χ3v) is 6.49. The lowest BCUT2D eigenvalue weighted by atomic mass is 9.88. The molecule has 0 saturated carbocycles. The molecule has 1 aromatic carbocycles. The first-order chi connectivity index (χ1) is 14.0. The van der Waals surface area contributed by atoms with Gasteiger partial charge in [-0.25, -0.2) is 9.50 Å². The van der Waals surface area contributed by atoms with E-state index in [1.807, 2.05) is 4.52 Å². The Hall–Kier alpha value is -2.66.